The van der Waals surface area contributed by atoms with Gasteiger partial charge < -0.3 is 5.73 Å². The number of nitrogens with zero attached hydrogens (tertiary/aromatic N) is 2. The van der Waals surface area contributed by atoms with Crippen LogP contribution in [0.1, 0.15) is 22.7 Å². The lowest BCUT2D eigenvalue weighted by Gasteiger charge is -2.28. The molecule has 1 atom stereocenters. The quantitative estimate of drug-likeness (QED) is 0.892. The number of aromatic nitrogens is 1. The minimum Gasteiger partial charge on any atom is -0.329 e. The molecule has 0 aliphatic heterocycles. The molecule has 0 saturated heterocycles. The Bertz CT molecular complexity index is 510. The lowest BCUT2D eigenvalue weighted by atomic mass is 10.00. The van der Waals surface area contributed by atoms with Crippen molar-refractivity contribution in [2.24, 2.45) is 5.73 Å². The Morgan fingerprint density at radius 2 is 2.00 bits per heavy atom. The van der Waals surface area contributed by atoms with Gasteiger partial charge in [0.15, 0.2) is 0 Å². The molecular weight excluding hydrogens is 234 g/mol. The van der Waals surface area contributed by atoms with Crippen molar-refractivity contribution < 1.29 is 0 Å². The van der Waals surface area contributed by atoms with Crippen LogP contribution in [0.4, 0.5) is 0 Å². The van der Waals surface area contributed by atoms with Gasteiger partial charge in [-0.25, -0.2) is 0 Å². The van der Waals surface area contributed by atoms with Crippen molar-refractivity contribution in [1.29, 1.82) is 0 Å². The molecule has 0 radical (unpaired) electrons. The molecule has 1 aromatic carbocycles. The molecule has 1 heterocycles. The summed E-state index contributed by atoms with van der Waals surface area (Å²) in [4.78, 5) is 6.43. The van der Waals surface area contributed by atoms with Crippen molar-refractivity contribution in [2.75, 3.05) is 13.6 Å². The van der Waals surface area contributed by atoms with Crippen LogP contribution in [0.2, 0.25) is 0 Å². The maximum Gasteiger partial charge on any atom is 0.0473 e. The van der Waals surface area contributed by atoms with E-state index in [2.05, 4.69) is 54.2 Å². The van der Waals surface area contributed by atoms with Gasteiger partial charge in [0.05, 0.1) is 0 Å². The fourth-order valence-corrected chi connectivity index (χ4v) is 2.39. The highest BCUT2D eigenvalue weighted by atomic mass is 15.1. The van der Waals surface area contributed by atoms with Gasteiger partial charge in [-0.15, -0.1) is 0 Å². The van der Waals surface area contributed by atoms with Crippen LogP contribution in [0.25, 0.3) is 0 Å². The zero-order valence-electron chi connectivity index (χ0n) is 11.6. The Morgan fingerprint density at radius 1 is 1.21 bits per heavy atom. The summed E-state index contributed by atoms with van der Waals surface area (Å²) in [6.07, 6.45) is 3.70. The smallest absolute Gasteiger partial charge is 0.0473 e. The SMILES string of the molecule is Cc1ccccc1C(CN)N(C)Cc1cccnc1. The molecule has 2 N–H and O–H groups in total. The van der Waals surface area contributed by atoms with Crippen molar-refractivity contribution in [3.8, 4) is 0 Å². The molecule has 3 heteroatoms. The number of aryl methyl sites for hydroxylation is 1. The van der Waals surface area contributed by atoms with Gasteiger partial charge in [0.25, 0.3) is 0 Å². The number of pyridine rings is 1. The predicted molar refractivity (Wildman–Crippen MR) is 78.7 cm³/mol. The fourth-order valence-electron chi connectivity index (χ4n) is 2.39. The monoisotopic (exact) mass is 255 g/mol. The molecule has 0 aliphatic carbocycles. The Labute approximate surface area is 115 Å². The minimum absolute atomic E-state index is 0.237. The van der Waals surface area contributed by atoms with E-state index in [9.17, 15) is 0 Å². The molecule has 3 nitrogen and oxygen atoms in total. The number of likely N-dealkylation sites (N-methyl/N-ethyl adjacent to an activating group) is 1. The van der Waals surface area contributed by atoms with Gasteiger partial charge in [0.1, 0.15) is 0 Å². The number of nitrogens with two attached hydrogens (primary N) is 1. The number of benzene rings is 1. The third-order valence-corrected chi connectivity index (χ3v) is 3.46. The summed E-state index contributed by atoms with van der Waals surface area (Å²) in [7, 11) is 2.11. The van der Waals surface area contributed by atoms with Crippen LogP contribution < -0.4 is 5.73 Å². The van der Waals surface area contributed by atoms with E-state index < -0.39 is 0 Å². The molecular formula is C16H21N3. The normalized spacial score (nSPS) is 12.6. The summed E-state index contributed by atoms with van der Waals surface area (Å²) in [5.41, 5.74) is 9.77. The lowest BCUT2D eigenvalue weighted by molar-refractivity contribution is 0.241. The van der Waals surface area contributed by atoms with Crippen molar-refractivity contribution in [1.82, 2.24) is 9.88 Å². The van der Waals surface area contributed by atoms with E-state index in [-0.39, 0.29) is 6.04 Å². The maximum atomic E-state index is 5.97. The summed E-state index contributed by atoms with van der Waals surface area (Å²) in [6.45, 7) is 3.60. The molecule has 0 aliphatic rings. The van der Waals surface area contributed by atoms with E-state index in [0.29, 0.717) is 6.54 Å². The van der Waals surface area contributed by atoms with E-state index in [1.807, 2.05) is 12.3 Å². The largest absolute Gasteiger partial charge is 0.329 e. The van der Waals surface area contributed by atoms with Gasteiger partial charge in [-0.1, -0.05) is 30.3 Å². The molecule has 0 spiro atoms. The van der Waals surface area contributed by atoms with Crippen molar-refractivity contribution in [3.63, 3.8) is 0 Å². The Hall–Kier alpha value is -1.71. The second-order valence-corrected chi connectivity index (χ2v) is 4.88. The molecule has 2 rings (SSSR count). The first-order chi connectivity index (χ1) is 9.22. The van der Waals surface area contributed by atoms with Gasteiger partial charge in [-0.3, -0.25) is 9.88 Å². The van der Waals surface area contributed by atoms with Gasteiger partial charge in [0, 0.05) is 31.5 Å². The summed E-state index contributed by atoms with van der Waals surface area (Å²) < 4.78 is 0. The fraction of sp³-hybridized carbons (Fsp3) is 0.312. The highest BCUT2D eigenvalue weighted by molar-refractivity contribution is 5.29. The second-order valence-electron chi connectivity index (χ2n) is 4.88. The Morgan fingerprint density at radius 3 is 2.63 bits per heavy atom. The van der Waals surface area contributed by atoms with Gasteiger partial charge in [0.2, 0.25) is 0 Å². The minimum atomic E-state index is 0.237. The van der Waals surface area contributed by atoms with E-state index in [0.717, 1.165) is 6.54 Å². The van der Waals surface area contributed by atoms with Crippen molar-refractivity contribution in [2.45, 2.75) is 19.5 Å². The number of rotatable bonds is 5. The van der Waals surface area contributed by atoms with Crippen LogP contribution >= 0.6 is 0 Å². The standard InChI is InChI=1S/C16H21N3/c1-13-6-3-4-8-15(13)16(10-17)19(2)12-14-7-5-9-18-11-14/h3-9,11,16H,10,12,17H2,1-2H3. The van der Waals surface area contributed by atoms with E-state index in [1.165, 1.54) is 16.7 Å². The van der Waals surface area contributed by atoms with Gasteiger partial charge in [-0.2, -0.15) is 0 Å². The molecule has 2 aromatic rings. The average molecular weight is 255 g/mol. The Balaban J connectivity index is 2.16. The van der Waals surface area contributed by atoms with Crippen LogP contribution in [-0.4, -0.2) is 23.5 Å². The van der Waals surface area contributed by atoms with Crippen LogP contribution in [0, 0.1) is 6.92 Å². The third kappa shape index (κ3) is 3.40. The van der Waals surface area contributed by atoms with E-state index in [4.69, 9.17) is 5.73 Å². The molecule has 0 bridgehead atoms. The second kappa shape index (κ2) is 6.45. The highest BCUT2D eigenvalue weighted by Gasteiger charge is 2.17. The third-order valence-electron chi connectivity index (χ3n) is 3.46. The maximum absolute atomic E-state index is 5.97. The summed E-state index contributed by atoms with van der Waals surface area (Å²) in [5.74, 6) is 0. The zero-order chi connectivity index (χ0) is 13.7. The highest BCUT2D eigenvalue weighted by Crippen LogP contribution is 2.23. The molecule has 0 amide bonds. The molecule has 100 valence electrons. The topological polar surface area (TPSA) is 42.1 Å². The van der Waals surface area contributed by atoms with Crippen LogP contribution in [0.3, 0.4) is 0 Å². The summed E-state index contributed by atoms with van der Waals surface area (Å²) in [6, 6.07) is 12.7. The van der Waals surface area contributed by atoms with Gasteiger partial charge in [-0.05, 0) is 36.7 Å². The molecule has 0 saturated carbocycles. The first-order valence-electron chi connectivity index (χ1n) is 6.57. The predicted octanol–water partition coefficient (Wildman–Crippen LogP) is 2.52. The number of hydrogen-bond acceptors (Lipinski definition) is 3. The first-order valence-corrected chi connectivity index (χ1v) is 6.57. The van der Waals surface area contributed by atoms with Crippen molar-refractivity contribution >= 4 is 0 Å². The van der Waals surface area contributed by atoms with E-state index in [1.54, 1.807) is 6.20 Å². The van der Waals surface area contributed by atoms with Crippen LogP contribution in [-0.2, 0) is 6.54 Å². The zero-order valence-corrected chi connectivity index (χ0v) is 11.6. The molecule has 1 unspecified atom stereocenters. The molecule has 19 heavy (non-hydrogen) atoms. The number of hydrogen-bond donors (Lipinski definition) is 1. The Kier molecular flexibility index (Phi) is 4.66. The molecule has 1 aromatic heterocycles. The summed E-state index contributed by atoms with van der Waals surface area (Å²) in [5, 5.41) is 0. The summed E-state index contributed by atoms with van der Waals surface area (Å²) >= 11 is 0. The van der Waals surface area contributed by atoms with Crippen LogP contribution in [0.15, 0.2) is 48.8 Å². The lowest BCUT2D eigenvalue weighted by Crippen LogP contribution is -2.30. The van der Waals surface area contributed by atoms with Crippen molar-refractivity contribution in [3.05, 3.63) is 65.5 Å². The average Bonchev–Trinajstić information content (AvgIpc) is 2.43. The molecule has 0 fully saturated rings. The first kappa shape index (κ1) is 13.7. The van der Waals surface area contributed by atoms with E-state index >= 15 is 0 Å². The van der Waals surface area contributed by atoms with Gasteiger partial charge >= 0.3 is 0 Å². The van der Waals surface area contributed by atoms with Crippen LogP contribution in [0.5, 0.6) is 0 Å².